The van der Waals surface area contributed by atoms with Crippen LogP contribution in [0.15, 0.2) is 73.3 Å². The van der Waals surface area contributed by atoms with Gasteiger partial charge in [0, 0.05) is 6.10 Å². The zero-order valence-corrected chi connectivity index (χ0v) is 16.8. The van der Waals surface area contributed by atoms with Crippen LogP contribution in [0.4, 0.5) is 0 Å². The average Bonchev–Trinajstić information content (AvgIpc) is 2.53. The Balaban J connectivity index is 2.67. The van der Waals surface area contributed by atoms with Gasteiger partial charge in [-0.3, -0.25) is 0 Å². The van der Waals surface area contributed by atoms with Gasteiger partial charge in [-0.05, 0) is 23.7 Å². The Labute approximate surface area is 143 Å². The van der Waals surface area contributed by atoms with E-state index < -0.39 is 15.4 Å². The zero-order valence-electron chi connectivity index (χ0n) is 14.8. The summed E-state index contributed by atoms with van der Waals surface area (Å²) in [5.41, 5.74) is 0. The zero-order chi connectivity index (χ0) is 16.9. The van der Waals surface area contributed by atoms with E-state index in [1.807, 2.05) is 6.08 Å². The molecule has 3 heteroatoms. The minimum absolute atomic E-state index is 0.186. The van der Waals surface area contributed by atoms with Gasteiger partial charge in [0.25, 0.3) is 0 Å². The van der Waals surface area contributed by atoms with Crippen molar-refractivity contribution in [3.05, 3.63) is 73.3 Å². The Morgan fingerprint density at radius 3 is 1.70 bits per heavy atom. The first-order chi connectivity index (χ1) is 10.9. The molecule has 0 N–H and O–H groups in total. The summed E-state index contributed by atoms with van der Waals surface area (Å²) >= 11 is 0. The van der Waals surface area contributed by atoms with Crippen LogP contribution in [0.3, 0.4) is 0 Å². The maximum absolute atomic E-state index is 6.94. The molecule has 0 amide bonds. The molecule has 2 aromatic carbocycles. The summed E-state index contributed by atoms with van der Waals surface area (Å²) in [6.07, 6.45) is 3.04. The molecule has 0 saturated carbocycles. The molecule has 0 radical (unpaired) electrons. The highest BCUT2D eigenvalue weighted by Gasteiger charge is 2.51. The van der Waals surface area contributed by atoms with Crippen LogP contribution >= 0.6 is 0 Å². The lowest BCUT2D eigenvalue weighted by Gasteiger charge is -2.43. The van der Waals surface area contributed by atoms with Crippen molar-refractivity contribution in [3.63, 3.8) is 0 Å². The summed E-state index contributed by atoms with van der Waals surface area (Å²) in [6, 6.07) is 21.8. The molecule has 0 bridgehead atoms. The normalized spacial score (nSPS) is 13.6. The van der Waals surface area contributed by atoms with Crippen LogP contribution in [0, 0.1) is 0 Å². The first kappa shape index (κ1) is 17.9. The molecule has 1 atom stereocenters. The van der Waals surface area contributed by atoms with Gasteiger partial charge in [-0.2, -0.15) is 0 Å². The molecule has 0 saturated heterocycles. The summed E-state index contributed by atoms with van der Waals surface area (Å²) in [5.74, 6) is 0. The van der Waals surface area contributed by atoms with Gasteiger partial charge in [0.05, 0.1) is 7.59 Å². The number of hydrogen-bond acceptors (Lipinski definition) is 1. The van der Waals surface area contributed by atoms with Gasteiger partial charge in [0.2, 0.25) is 7.83 Å². The van der Waals surface area contributed by atoms with Crippen molar-refractivity contribution in [1.82, 2.24) is 0 Å². The van der Waals surface area contributed by atoms with Gasteiger partial charge in [-0.15, -0.1) is 6.58 Å². The van der Waals surface area contributed by atoms with Crippen LogP contribution in [0.25, 0.3) is 0 Å². The topological polar surface area (TPSA) is 9.23 Å². The lowest BCUT2D eigenvalue weighted by Crippen LogP contribution is -2.75. The van der Waals surface area contributed by atoms with Crippen molar-refractivity contribution in [2.45, 2.75) is 39.1 Å². The lowest BCUT2D eigenvalue weighted by atomic mass is 10.3. The number of hydrogen-bond donors (Lipinski definition) is 0. The SMILES string of the molecule is C=CCC(C)O[Si](c1ccccc1)(c1ccccc1)[Si](C)(C)C. The third kappa shape index (κ3) is 3.74. The van der Waals surface area contributed by atoms with Crippen LogP contribution in [-0.2, 0) is 4.43 Å². The number of benzene rings is 2. The first-order valence-corrected chi connectivity index (χ1v) is 14.7. The fraction of sp³-hybridized carbons (Fsp3) is 0.300. The molecule has 0 aromatic heterocycles. The van der Waals surface area contributed by atoms with Crippen molar-refractivity contribution < 1.29 is 4.43 Å². The Morgan fingerprint density at radius 2 is 1.35 bits per heavy atom. The van der Waals surface area contributed by atoms with E-state index in [4.69, 9.17) is 4.43 Å². The first-order valence-electron chi connectivity index (χ1n) is 8.31. The van der Waals surface area contributed by atoms with E-state index in [2.05, 4.69) is 93.8 Å². The summed E-state index contributed by atoms with van der Waals surface area (Å²) in [7, 11) is -3.89. The predicted molar refractivity (Wildman–Crippen MR) is 107 cm³/mol. The van der Waals surface area contributed by atoms with Crippen molar-refractivity contribution in [3.8, 4) is 0 Å². The molecule has 0 fully saturated rings. The van der Waals surface area contributed by atoms with Gasteiger partial charge in [0.15, 0.2) is 0 Å². The lowest BCUT2D eigenvalue weighted by molar-refractivity contribution is 0.229. The minimum atomic E-state index is -2.26. The monoisotopic (exact) mass is 340 g/mol. The smallest absolute Gasteiger partial charge is 0.240 e. The third-order valence-electron chi connectivity index (χ3n) is 4.29. The molecule has 2 aromatic rings. The average molecular weight is 341 g/mol. The molecule has 0 spiro atoms. The largest absolute Gasteiger partial charge is 0.408 e. The van der Waals surface area contributed by atoms with Gasteiger partial charge >= 0.3 is 0 Å². The summed E-state index contributed by atoms with van der Waals surface area (Å²) in [6.45, 7) is 13.4. The minimum Gasteiger partial charge on any atom is -0.408 e. The van der Waals surface area contributed by atoms with E-state index in [-0.39, 0.29) is 6.10 Å². The maximum atomic E-state index is 6.94. The van der Waals surface area contributed by atoms with E-state index in [0.29, 0.717) is 0 Å². The van der Waals surface area contributed by atoms with Crippen molar-refractivity contribution in [1.29, 1.82) is 0 Å². The Morgan fingerprint density at radius 1 is 0.913 bits per heavy atom. The van der Waals surface area contributed by atoms with E-state index in [9.17, 15) is 0 Å². The molecular formula is C20H28OSi2. The van der Waals surface area contributed by atoms with Gasteiger partial charge in [-0.1, -0.05) is 86.4 Å². The molecule has 0 aliphatic carbocycles. The van der Waals surface area contributed by atoms with Crippen LogP contribution in [0.1, 0.15) is 13.3 Å². The quantitative estimate of drug-likeness (QED) is 0.543. The number of rotatable bonds is 7. The fourth-order valence-corrected chi connectivity index (χ4v) is 15.9. The molecule has 1 nitrogen and oxygen atoms in total. The molecule has 1 unspecified atom stereocenters. The highest BCUT2D eigenvalue weighted by Crippen LogP contribution is 2.23. The molecular weight excluding hydrogens is 312 g/mol. The second-order valence-electron chi connectivity index (χ2n) is 7.12. The molecule has 0 heterocycles. The van der Waals surface area contributed by atoms with Crippen LogP contribution in [-0.4, -0.2) is 21.5 Å². The second-order valence-corrected chi connectivity index (χ2v) is 21.0. The molecule has 0 aliphatic heterocycles. The molecule has 2 rings (SSSR count). The predicted octanol–water partition coefficient (Wildman–Crippen LogP) is 4.14. The third-order valence-corrected chi connectivity index (χ3v) is 17.9. The Hall–Kier alpha value is -1.43. The summed E-state index contributed by atoms with van der Waals surface area (Å²) in [4.78, 5) is 0. The van der Waals surface area contributed by atoms with Crippen molar-refractivity contribution in [2.75, 3.05) is 0 Å². The molecule has 122 valence electrons. The molecule has 23 heavy (non-hydrogen) atoms. The van der Waals surface area contributed by atoms with Gasteiger partial charge in [-0.25, -0.2) is 0 Å². The van der Waals surface area contributed by atoms with E-state index in [0.717, 1.165) is 6.42 Å². The second kappa shape index (κ2) is 7.43. The Kier molecular flexibility index (Phi) is 5.79. The standard InChI is InChI=1S/C20H28OSi2/c1-6-13-18(2)21-23(22(3,4)5,19-14-9-7-10-15-19)20-16-11-8-12-17-20/h6-12,14-18H,1,13H2,2-5H3. The van der Waals surface area contributed by atoms with Crippen LogP contribution < -0.4 is 10.4 Å². The van der Waals surface area contributed by atoms with Crippen LogP contribution in [0.5, 0.6) is 0 Å². The van der Waals surface area contributed by atoms with Gasteiger partial charge in [0.1, 0.15) is 0 Å². The Bertz CT molecular complexity index is 578. The summed E-state index contributed by atoms with van der Waals surface area (Å²) < 4.78 is 6.94. The highest BCUT2D eigenvalue weighted by atomic mass is 29.3. The van der Waals surface area contributed by atoms with Gasteiger partial charge < -0.3 is 4.43 Å². The van der Waals surface area contributed by atoms with E-state index >= 15 is 0 Å². The van der Waals surface area contributed by atoms with Crippen molar-refractivity contribution in [2.24, 2.45) is 0 Å². The summed E-state index contributed by atoms with van der Waals surface area (Å²) in [5, 5.41) is 2.78. The van der Waals surface area contributed by atoms with Crippen molar-refractivity contribution >= 4 is 25.8 Å². The molecule has 0 aliphatic rings. The maximum Gasteiger partial charge on any atom is 0.240 e. The fourth-order valence-electron chi connectivity index (χ4n) is 3.28. The van der Waals surface area contributed by atoms with Crippen LogP contribution in [0.2, 0.25) is 19.6 Å². The highest BCUT2D eigenvalue weighted by molar-refractivity contribution is 7.48. The van der Waals surface area contributed by atoms with E-state index in [1.165, 1.54) is 10.4 Å². The van der Waals surface area contributed by atoms with E-state index in [1.54, 1.807) is 0 Å².